The summed E-state index contributed by atoms with van der Waals surface area (Å²) in [6, 6.07) is 19.0. The third-order valence-electron chi connectivity index (χ3n) is 7.44. The van der Waals surface area contributed by atoms with Gasteiger partial charge in [-0.1, -0.05) is 0 Å². The average Bonchev–Trinajstić information content (AvgIpc) is 2.77. The summed E-state index contributed by atoms with van der Waals surface area (Å²) in [7, 11) is 2.20. The Hall–Kier alpha value is -2.30. The van der Waals surface area contributed by atoms with Crippen LogP contribution >= 0.6 is 11.8 Å². The van der Waals surface area contributed by atoms with Gasteiger partial charge in [0.2, 0.25) is 0 Å². The van der Waals surface area contributed by atoms with Gasteiger partial charge >= 0.3 is 197 Å². The van der Waals surface area contributed by atoms with E-state index in [0.29, 0.717) is 0 Å². The van der Waals surface area contributed by atoms with Gasteiger partial charge in [-0.2, -0.15) is 0 Å². The molecule has 6 rings (SSSR count). The molecule has 0 aliphatic carbocycles. The third kappa shape index (κ3) is 3.03. The fraction of sp³-hybridized carbons (Fsp3) is 0.233. The summed E-state index contributed by atoms with van der Waals surface area (Å²) in [5.41, 5.74) is 6.89. The van der Waals surface area contributed by atoms with E-state index in [1.807, 2.05) is 11.8 Å². The van der Waals surface area contributed by atoms with Gasteiger partial charge in [0.05, 0.1) is 0 Å². The summed E-state index contributed by atoms with van der Waals surface area (Å²) in [6.45, 7) is 6.81. The predicted octanol–water partition coefficient (Wildman–Crippen LogP) is 7.57. The van der Waals surface area contributed by atoms with Crippen molar-refractivity contribution in [3.63, 3.8) is 0 Å². The first-order valence-corrected chi connectivity index (χ1v) is 19.9. The number of nitrogens with zero attached hydrogens (tertiary/aromatic N) is 1. The van der Waals surface area contributed by atoms with Gasteiger partial charge in [0.1, 0.15) is 0 Å². The minimum atomic E-state index is -1.90. The van der Waals surface area contributed by atoms with Crippen LogP contribution in [0.25, 0.3) is 43.6 Å². The Balaban J connectivity index is 1.78. The number of aromatic nitrogens is 1. The van der Waals surface area contributed by atoms with Gasteiger partial charge in [0.15, 0.2) is 0 Å². The van der Waals surface area contributed by atoms with Crippen molar-refractivity contribution in [1.82, 2.24) is 0 Å². The summed E-state index contributed by atoms with van der Waals surface area (Å²) >= 11 is 0.0735. The van der Waals surface area contributed by atoms with E-state index in [1.54, 1.807) is 4.40 Å². The summed E-state index contributed by atoms with van der Waals surface area (Å²) < 4.78 is 3.91. The molecule has 0 saturated carbocycles. The second-order valence-corrected chi connectivity index (χ2v) is 22.4. The maximum atomic E-state index is 2.48. The molecule has 164 valence electrons. The first kappa shape index (κ1) is 21.3. The molecule has 0 radical (unpaired) electrons. The molecule has 0 unspecified atom stereocenters. The van der Waals surface area contributed by atoms with Crippen molar-refractivity contribution in [1.29, 1.82) is 0 Å². The molecule has 1 aliphatic rings. The molecule has 0 bridgehead atoms. The minimum absolute atomic E-state index is 1.32. The van der Waals surface area contributed by atoms with E-state index in [9.17, 15) is 0 Å². The van der Waals surface area contributed by atoms with Crippen LogP contribution in [-0.2, 0) is 7.05 Å². The molecule has 0 saturated heterocycles. The summed E-state index contributed by atoms with van der Waals surface area (Å²) in [6.07, 6.45) is 2.26. The van der Waals surface area contributed by atoms with Gasteiger partial charge < -0.3 is 0 Å². The van der Waals surface area contributed by atoms with Gasteiger partial charge in [0.25, 0.3) is 0 Å². The van der Waals surface area contributed by atoms with Gasteiger partial charge in [-0.05, 0) is 6.92 Å². The SMILES string of the molecule is Cc1ccc2c(C)c3c(c(C)c2c1)-c1c2c(cc4c[c]([Ge]([CH3])([CH3])[CH3])ccc4c2cc[n+]1C)S3. The van der Waals surface area contributed by atoms with E-state index >= 15 is 0 Å². The normalized spacial score (nSPS) is 13.2. The summed E-state index contributed by atoms with van der Waals surface area (Å²) in [5, 5.41) is 8.31. The van der Waals surface area contributed by atoms with Gasteiger partial charge in [0, 0.05) is 0 Å². The van der Waals surface area contributed by atoms with Crippen molar-refractivity contribution in [3.05, 3.63) is 71.4 Å². The summed E-state index contributed by atoms with van der Waals surface area (Å²) in [4.78, 5) is 2.81. The molecule has 1 aromatic heterocycles. The van der Waals surface area contributed by atoms with Crippen LogP contribution in [0.2, 0.25) is 17.3 Å². The molecule has 1 aliphatic heterocycles. The Morgan fingerprint density at radius 2 is 1.52 bits per heavy atom. The second kappa shape index (κ2) is 7.10. The topological polar surface area (TPSA) is 3.88 Å². The zero-order valence-electron chi connectivity index (χ0n) is 20.6. The van der Waals surface area contributed by atoms with Crippen molar-refractivity contribution in [2.24, 2.45) is 7.05 Å². The molecular weight excluding hydrogens is 479 g/mol. The Bertz CT molecular complexity index is 1660. The Morgan fingerprint density at radius 3 is 2.27 bits per heavy atom. The molecule has 0 spiro atoms. The van der Waals surface area contributed by atoms with Crippen LogP contribution in [0.4, 0.5) is 0 Å². The number of fused-ring (bicyclic) bond motifs is 5. The van der Waals surface area contributed by atoms with Crippen molar-refractivity contribution in [3.8, 4) is 11.3 Å². The average molecular weight is 509 g/mol. The number of benzene rings is 4. The molecule has 3 heteroatoms. The van der Waals surface area contributed by atoms with Crippen LogP contribution in [0.1, 0.15) is 16.7 Å². The van der Waals surface area contributed by atoms with E-state index < -0.39 is 13.3 Å². The fourth-order valence-corrected chi connectivity index (χ4v) is 9.33. The molecule has 0 atom stereocenters. The van der Waals surface area contributed by atoms with Crippen LogP contribution in [0.5, 0.6) is 0 Å². The number of pyridine rings is 1. The molecule has 0 N–H and O–H groups in total. The Labute approximate surface area is 203 Å². The van der Waals surface area contributed by atoms with Crippen molar-refractivity contribution >= 4 is 61.7 Å². The quantitative estimate of drug-likeness (QED) is 0.126. The van der Waals surface area contributed by atoms with Gasteiger partial charge in [-0.3, -0.25) is 0 Å². The Morgan fingerprint density at radius 1 is 0.758 bits per heavy atom. The zero-order chi connectivity index (χ0) is 23.2. The number of hydrogen-bond donors (Lipinski definition) is 0. The fourth-order valence-electron chi connectivity index (χ4n) is 5.54. The van der Waals surface area contributed by atoms with E-state index in [2.05, 4.69) is 104 Å². The molecule has 2 heterocycles. The van der Waals surface area contributed by atoms with Crippen molar-refractivity contribution in [2.75, 3.05) is 0 Å². The van der Waals surface area contributed by atoms with Gasteiger partial charge in [-0.15, -0.1) is 0 Å². The second-order valence-electron chi connectivity index (χ2n) is 10.7. The van der Waals surface area contributed by atoms with Crippen LogP contribution in [-0.4, -0.2) is 13.3 Å². The van der Waals surface area contributed by atoms with Crippen molar-refractivity contribution < 1.29 is 4.57 Å². The van der Waals surface area contributed by atoms with Crippen LogP contribution in [0.3, 0.4) is 0 Å². The molecule has 4 aromatic carbocycles. The van der Waals surface area contributed by atoms with E-state index in [1.165, 1.54) is 70.1 Å². The number of rotatable bonds is 1. The predicted molar refractivity (Wildman–Crippen MR) is 147 cm³/mol. The van der Waals surface area contributed by atoms with Gasteiger partial charge in [-0.25, -0.2) is 0 Å². The maximum absolute atomic E-state index is 2.48. The van der Waals surface area contributed by atoms with Crippen LogP contribution in [0, 0.1) is 20.8 Å². The standard InChI is InChI=1S/C30H30GeNS/c1-17-8-10-22-19(3)30-27(18(2)25(22)14-17)29-28-24(12-13-32(29)7)23-11-9-21(31(4,5)6)15-20(23)16-26(28)33-30/h8-16H,1-7H3/q+1. The van der Waals surface area contributed by atoms with Crippen LogP contribution in [0.15, 0.2) is 64.5 Å². The van der Waals surface area contributed by atoms with E-state index in [4.69, 9.17) is 0 Å². The molecular formula is C30H30GeNS+. The monoisotopic (exact) mass is 510 g/mol. The Kier molecular flexibility index (Phi) is 4.57. The molecule has 1 nitrogen and oxygen atoms in total. The first-order valence-electron chi connectivity index (χ1n) is 11.8. The molecule has 33 heavy (non-hydrogen) atoms. The van der Waals surface area contributed by atoms with E-state index in [0.717, 1.165) is 0 Å². The first-order chi connectivity index (χ1) is 15.6. The molecule has 0 fully saturated rings. The zero-order valence-corrected chi connectivity index (χ0v) is 23.5. The van der Waals surface area contributed by atoms with Crippen molar-refractivity contribution in [2.45, 2.75) is 47.8 Å². The molecule has 0 amide bonds. The van der Waals surface area contributed by atoms with Crippen LogP contribution < -0.4 is 8.96 Å². The summed E-state index contributed by atoms with van der Waals surface area (Å²) in [5.74, 6) is 7.44. The molecule has 5 aromatic rings. The third-order valence-corrected chi connectivity index (χ3v) is 13.0. The van der Waals surface area contributed by atoms with E-state index in [-0.39, 0.29) is 0 Å². The number of hydrogen-bond acceptors (Lipinski definition) is 1. The number of aryl methyl sites for hydroxylation is 4.